The zero-order chi connectivity index (χ0) is 15.3. The van der Waals surface area contributed by atoms with Gasteiger partial charge in [-0.05, 0) is 47.5 Å². The normalized spacial score (nSPS) is 27.4. The highest BCUT2D eigenvalue weighted by Crippen LogP contribution is 2.36. The SMILES string of the molecule is C[C@@H]1CCCN1c1ncc(B2OC(C)(C)C(C)(C)O2)cn1. The molecule has 0 amide bonds. The second-order valence-electron chi connectivity index (χ2n) is 7.09. The average Bonchev–Trinajstić information content (AvgIpc) is 2.92. The maximum atomic E-state index is 6.02. The number of aromatic nitrogens is 2. The Hall–Kier alpha value is -1.14. The summed E-state index contributed by atoms with van der Waals surface area (Å²) in [4.78, 5) is 11.3. The van der Waals surface area contributed by atoms with Crippen molar-refractivity contribution in [2.45, 2.75) is 64.7 Å². The average molecular weight is 289 g/mol. The van der Waals surface area contributed by atoms with Crippen LogP contribution in [0.1, 0.15) is 47.5 Å². The Morgan fingerprint density at radius 3 is 2.19 bits per heavy atom. The lowest BCUT2D eigenvalue weighted by molar-refractivity contribution is 0.00578. The molecule has 3 heterocycles. The number of rotatable bonds is 2. The molecule has 2 fully saturated rings. The summed E-state index contributed by atoms with van der Waals surface area (Å²) in [6.07, 6.45) is 6.08. The lowest BCUT2D eigenvalue weighted by Gasteiger charge is -2.32. The molecule has 0 unspecified atom stereocenters. The van der Waals surface area contributed by atoms with E-state index in [0.717, 1.165) is 18.0 Å². The third-order valence-corrected chi connectivity index (χ3v) is 4.99. The van der Waals surface area contributed by atoms with Crippen LogP contribution in [0.25, 0.3) is 0 Å². The maximum Gasteiger partial charge on any atom is 0.498 e. The Morgan fingerprint density at radius 2 is 1.71 bits per heavy atom. The molecule has 0 aliphatic carbocycles. The van der Waals surface area contributed by atoms with E-state index in [2.05, 4.69) is 21.8 Å². The van der Waals surface area contributed by atoms with Gasteiger partial charge in [-0.1, -0.05) is 0 Å². The largest absolute Gasteiger partial charge is 0.498 e. The highest BCUT2D eigenvalue weighted by molar-refractivity contribution is 6.61. The van der Waals surface area contributed by atoms with Gasteiger partial charge in [-0.3, -0.25) is 0 Å². The molecule has 1 aromatic rings. The molecule has 2 aliphatic heterocycles. The Balaban J connectivity index is 1.76. The molecular weight excluding hydrogens is 265 g/mol. The molecule has 3 rings (SSSR count). The third-order valence-electron chi connectivity index (χ3n) is 4.99. The van der Waals surface area contributed by atoms with Crippen LogP contribution >= 0.6 is 0 Å². The summed E-state index contributed by atoms with van der Waals surface area (Å²) in [5.41, 5.74) is 0.212. The molecule has 0 spiro atoms. The van der Waals surface area contributed by atoms with Crippen LogP contribution in [0, 0.1) is 0 Å². The minimum Gasteiger partial charge on any atom is -0.399 e. The van der Waals surface area contributed by atoms with Gasteiger partial charge in [-0.25, -0.2) is 9.97 Å². The van der Waals surface area contributed by atoms with Crippen LogP contribution in [-0.2, 0) is 9.31 Å². The summed E-state index contributed by atoms with van der Waals surface area (Å²) in [5, 5.41) is 0. The molecule has 0 radical (unpaired) electrons. The summed E-state index contributed by atoms with van der Waals surface area (Å²) >= 11 is 0. The van der Waals surface area contributed by atoms with Gasteiger partial charge in [-0.15, -0.1) is 0 Å². The number of anilines is 1. The monoisotopic (exact) mass is 289 g/mol. The smallest absolute Gasteiger partial charge is 0.399 e. The van der Waals surface area contributed by atoms with Crippen molar-refractivity contribution < 1.29 is 9.31 Å². The molecular formula is C15H24BN3O2. The molecule has 1 atom stereocenters. The van der Waals surface area contributed by atoms with Gasteiger partial charge in [0.25, 0.3) is 0 Å². The molecule has 21 heavy (non-hydrogen) atoms. The molecule has 0 N–H and O–H groups in total. The fourth-order valence-corrected chi connectivity index (χ4v) is 2.81. The van der Waals surface area contributed by atoms with Crippen LogP contribution in [0.3, 0.4) is 0 Å². The zero-order valence-corrected chi connectivity index (χ0v) is 13.6. The summed E-state index contributed by atoms with van der Waals surface area (Å²) in [5.74, 6) is 0.806. The van der Waals surface area contributed by atoms with Crippen molar-refractivity contribution in [2.24, 2.45) is 0 Å². The van der Waals surface area contributed by atoms with Crippen LogP contribution < -0.4 is 10.4 Å². The van der Waals surface area contributed by atoms with Gasteiger partial charge in [0.05, 0.1) is 11.2 Å². The van der Waals surface area contributed by atoms with Gasteiger partial charge in [0.15, 0.2) is 0 Å². The minimum atomic E-state index is -0.389. The quantitative estimate of drug-likeness (QED) is 0.776. The molecule has 0 aromatic carbocycles. The first-order chi connectivity index (χ1) is 9.80. The number of hydrogen-bond donors (Lipinski definition) is 0. The Morgan fingerprint density at radius 1 is 1.14 bits per heavy atom. The van der Waals surface area contributed by atoms with Crippen LogP contribution in [0.2, 0.25) is 0 Å². The van der Waals surface area contributed by atoms with Crippen molar-refractivity contribution in [3.63, 3.8) is 0 Å². The molecule has 6 heteroatoms. The molecule has 2 saturated heterocycles. The second kappa shape index (κ2) is 4.95. The number of nitrogens with zero attached hydrogens (tertiary/aromatic N) is 3. The molecule has 114 valence electrons. The van der Waals surface area contributed by atoms with Crippen molar-refractivity contribution in [3.05, 3.63) is 12.4 Å². The van der Waals surface area contributed by atoms with Gasteiger partial charge in [0, 0.05) is 30.4 Å². The van der Waals surface area contributed by atoms with Crippen molar-refractivity contribution in [2.75, 3.05) is 11.4 Å². The van der Waals surface area contributed by atoms with Crippen molar-refractivity contribution in [1.82, 2.24) is 9.97 Å². The van der Waals surface area contributed by atoms with E-state index in [1.54, 1.807) is 0 Å². The van der Waals surface area contributed by atoms with Crippen LogP contribution in [0.15, 0.2) is 12.4 Å². The molecule has 0 saturated carbocycles. The maximum absolute atomic E-state index is 6.02. The first kappa shape index (κ1) is 14.8. The van der Waals surface area contributed by atoms with Crippen LogP contribution in [0.5, 0.6) is 0 Å². The standard InChI is InChI=1S/C15H24BN3O2/c1-11-7-6-8-19(11)13-17-9-12(10-18-13)16-20-14(2,3)15(4,5)21-16/h9-11H,6-8H2,1-5H3/t11-/m1/s1. The van der Waals surface area contributed by atoms with Gasteiger partial charge in [0.1, 0.15) is 0 Å². The molecule has 2 aliphatic rings. The van der Waals surface area contributed by atoms with Gasteiger partial charge < -0.3 is 14.2 Å². The summed E-state index contributed by atoms with van der Waals surface area (Å²) < 4.78 is 12.0. The summed E-state index contributed by atoms with van der Waals surface area (Å²) in [6.45, 7) is 11.5. The fourth-order valence-electron chi connectivity index (χ4n) is 2.81. The van der Waals surface area contributed by atoms with Crippen molar-refractivity contribution in [1.29, 1.82) is 0 Å². The first-order valence-electron chi connectivity index (χ1n) is 7.74. The highest BCUT2D eigenvalue weighted by Gasteiger charge is 2.52. The van der Waals surface area contributed by atoms with Gasteiger partial charge >= 0.3 is 7.12 Å². The van der Waals surface area contributed by atoms with E-state index >= 15 is 0 Å². The zero-order valence-electron chi connectivity index (χ0n) is 13.6. The van der Waals surface area contributed by atoms with E-state index in [4.69, 9.17) is 9.31 Å². The molecule has 5 nitrogen and oxygen atoms in total. The van der Waals surface area contributed by atoms with E-state index in [9.17, 15) is 0 Å². The summed E-state index contributed by atoms with van der Waals surface area (Å²) in [6, 6.07) is 0.521. The Labute approximate surface area is 127 Å². The van der Waals surface area contributed by atoms with E-state index in [1.165, 1.54) is 12.8 Å². The molecule has 1 aromatic heterocycles. The van der Waals surface area contributed by atoms with Gasteiger partial charge in [-0.2, -0.15) is 0 Å². The second-order valence-corrected chi connectivity index (χ2v) is 7.09. The lowest BCUT2D eigenvalue weighted by atomic mass is 9.81. The predicted octanol–water partition coefficient (Wildman–Crippen LogP) is 1.76. The Bertz CT molecular complexity index is 502. The van der Waals surface area contributed by atoms with Crippen LogP contribution in [0.4, 0.5) is 5.95 Å². The first-order valence-corrected chi connectivity index (χ1v) is 7.74. The van der Waals surface area contributed by atoms with Crippen molar-refractivity contribution in [3.8, 4) is 0 Å². The van der Waals surface area contributed by atoms with Gasteiger partial charge in [0.2, 0.25) is 5.95 Å². The Kier molecular flexibility index (Phi) is 3.49. The summed E-state index contributed by atoms with van der Waals surface area (Å²) in [7, 11) is -0.389. The highest BCUT2D eigenvalue weighted by atomic mass is 16.7. The topological polar surface area (TPSA) is 47.5 Å². The predicted molar refractivity (Wildman–Crippen MR) is 83.8 cm³/mol. The van der Waals surface area contributed by atoms with Crippen molar-refractivity contribution >= 4 is 18.5 Å². The van der Waals surface area contributed by atoms with Crippen LogP contribution in [-0.4, -0.2) is 40.9 Å². The number of hydrogen-bond acceptors (Lipinski definition) is 5. The van der Waals surface area contributed by atoms with E-state index in [-0.39, 0.29) is 18.3 Å². The lowest BCUT2D eigenvalue weighted by Crippen LogP contribution is -2.41. The third kappa shape index (κ3) is 2.55. The fraction of sp³-hybridized carbons (Fsp3) is 0.733. The van der Waals surface area contributed by atoms with E-state index in [1.807, 2.05) is 40.1 Å². The van der Waals surface area contributed by atoms with E-state index in [0.29, 0.717) is 6.04 Å². The molecule has 0 bridgehead atoms. The minimum absolute atomic E-state index is 0.334. The van der Waals surface area contributed by atoms with E-state index < -0.39 is 0 Å².